The molecular formula is C17H16ClNO6. The molecule has 0 bridgehead atoms. The monoisotopic (exact) mass is 365 g/mol. The van der Waals surface area contributed by atoms with Crippen molar-refractivity contribution in [1.82, 2.24) is 5.32 Å². The third kappa shape index (κ3) is 4.06. The molecule has 132 valence electrons. The van der Waals surface area contributed by atoms with Gasteiger partial charge in [-0.05, 0) is 31.2 Å². The summed E-state index contributed by atoms with van der Waals surface area (Å²) in [5, 5.41) is 2.92. The lowest BCUT2D eigenvalue weighted by molar-refractivity contribution is -0.125. The van der Waals surface area contributed by atoms with Crippen LogP contribution < -0.4 is 14.8 Å². The van der Waals surface area contributed by atoms with Crippen molar-refractivity contribution in [2.75, 3.05) is 19.8 Å². The number of nitrogens with one attached hydrogen (secondary N) is 1. The summed E-state index contributed by atoms with van der Waals surface area (Å²) in [5.74, 6) is 0.259. The van der Waals surface area contributed by atoms with Crippen LogP contribution in [-0.4, -0.2) is 31.7 Å². The predicted molar refractivity (Wildman–Crippen MR) is 88.0 cm³/mol. The number of amides is 1. The van der Waals surface area contributed by atoms with Crippen molar-refractivity contribution in [1.29, 1.82) is 0 Å². The highest BCUT2D eigenvalue weighted by atomic mass is 35.5. The molecule has 1 aliphatic rings. The fourth-order valence-electron chi connectivity index (χ4n) is 2.34. The van der Waals surface area contributed by atoms with Gasteiger partial charge in [0.25, 0.3) is 5.91 Å². The smallest absolute Gasteiger partial charge is 0.338 e. The van der Waals surface area contributed by atoms with Crippen molar-refractivity contribution in [3.63, 3.8) is 0 Å². The van der Waals surface area contributed by atoms with Crippen molar-refractivity contribution < 1.29 is 28.2 Å². The van der Waals surface area contributed by atoms with Crippen LogP contribution in [0.3, 0.4) is 0 Å². The second-order valence-corrected chi connectivity index (χ2v) is 5.77. The Balaban J connectivity index is 1.57. The lowest BCUT2D eigenvalue weighted by Crippen LogP contribution is -2.31. The molecule has 1 aromatic heterocycles. The first-order chi connectivity index (χ1) is 12.0. The molecule has 2 aromatic rings. The molecule has 1 atom stereocenters. The molecule has 0 unspecified atom stereocenters. The van der Waals surface area contributed by atoms with Crippen LogP contribution >= 0.6 is 11.6 Å². The average Bonchev–Trinajstić information content (AvgIpc) is 3.14. The number of hydrogen-bond donors (Lipinski definition) is 1. The molecule has 0 saturated carbocycles. The normalized spacial score (nSPS) is 13.8. The van der Waals surface area contributed by atoms with Crippen LogP contribution in [0.4, 0.5) is 0 Å². The Bertz CT molecular complexity index is 774. The summed E-state index contributed by atoms with van der Waals surface area (Å²) in [6.45, 7) is 2.11. The molecule has 1 N–H and O–H groups in total. The van der Waals surface area contributed by atoms with E-state index in [9.17, 15) is 9.59 Å². The first-order valence-electron chi connectivity index (χ1n) is 7.63. The molecule has 25 heavy (non-hydrogen) atoms. The number of ether oxygens (including phenoxy) is 3. The maximum absolute atomic E-state index is 12.1. The van der Waals surface area contributed by atoms with Crippen LogP contribution in [0, 0.1) is 0 Å². The molecule has 7 nitrogen and oxygen atoms in total. The first-order valence-corrected chi connectivity index (χ1v) is 8.01. The number of carbonyl (C=O) groups excluding carboxylic acids is 2. The van der Waals surface area contributed by atoms with E-state index in [1.165, 1.54) is 18.4 Å². The van der Waals surface area contributed by atoms with E-state index in [1.807, 2.05) is 0 Å². The highest BCUT2D eigenvalue weighted by Crippen LogP contribution is 2.38. The fourth-order valence-corrected chi connectivity index (χ4v) is 2.60. The predicted octanol–water partition coefficient (Wildman–Crippen LogP) is 2.74. The Labute approximate surface area is 148 Å². The Kier molecular flexibility index (Phi) is 5.14. The van der Waals surface area contributed by atoms with Crippen molar-refractivity contribution in [2.24, 2.45) is 0 Å². The van der Waals surface area contributed by atoms with Crippen molar-refractivity contribution >= 4 is 23.5 Å². The van der Waals surface area contributed by atoms with Gasteiger partial charge in [-0.15, -0.1) is 0 Å². The number of furan rings is 1. The van der Waals surface area contributed by atoms with Gasteiger partial charge in [-0.25, -0.2) is 4.79 Å². The molecule has 0 radical (unpaired) electrons. The van der Waals surface area contributed by atoms with E-state index in [2.05, 4.69) is 5.32 Å². The van der Waals surface area contributed by atoms with Crippen LogP contribution in [0.1, 0.15) is 29.1 Å². The summed E-state index contributed by atoms with van der Waals surface area (Å²) in [7, 11) is 0. The number of esters is 1. The Morgan fingerprint density at radius 1 is 1.32 bits per heavy atom. The SMILES string of the molecule is C[C@H](NC(=O)COC(=O)c1cc(Cl)c2c(c1)OCCO2)c1ccco1. The minimum Gasteiger partial charge on any atom is -0.486 e. The van der Waals surface area contributed by atoms with Crippen LogP contribution in [0.2, 0.25) is 5.02 Å². The molecule has 1 aromatic carbocycles. The molecule has 8 heteroatoms. The van der Waals surface area contributed by atoms with Crippen molar-refractivity contribution in [2.45, 2.75) is 13.0 Å². The maximum atomic E-state index is 12.1. The van der Waals surface area contributed by atoms with Crippen molar-refractivity contribution in [3.05, 3.63) is 46.9 Å². The Morgan fingerprint density at radius 2 is 2.12 bits per heavy atom. The highest BCUT2D eigenvalue weighted by Gasteiger charge is 2.21. The van der Waals surface area contributed by atoms with E-state index >= 15 is 0 Å². The quantitative estimate of drug-likeness (QED) is 0.820. The van der Waals surface area contributed by atoms with Gasteiger partial charge >= 0.3 is 5.97 Å². The summed E-state index contributed by atoms with van der Waals surface area (Å²) in [6.07, 6.45) is 1.52. The number of halogens is 1. The summed E-state index contributed by atoms with van der Waals surface area (Å²) < 4.78 is 21.0. The maximum Gasteiger partial charge on any atom is 0.338 e. The van der Waals surface area contributed by atoms with Gasteiger partial charge in [-0.3, -0.25) is 4.79 Å². The third-order valence-electron chi connectivity index (χ3n) is 3.51. The van der Waals surface area contributed by atoms with Crippen LogP contribution in [0.5, 0.6) is 11.5 Å². The molecule has 0 aliphatic carbocycles. The van der Waals surface area contributed by atoms with Gasteiger partial charge in [-0.1, -0.05) is 11.6 Å². The van der Waals surface area contributed by atoms with Crippen LogP contribution in [-0.2, 0) is 9.53 Å². The zero-order valence-corrected chi connectivity index (χ0v) is 14.2. The molecule has 3 rings (SSSR count). The minimum atomic E-state index is -0.681. The standard InChI is InChI=1S/C17H16ClNO6/c1-10(13-3-2-4-22-13)19-15(20)9-25-17(21)11-7-12(18)16-14(8-11)23-5-6-24-16/h2-4,7-8,10H,5-6,9H2,1H3,(H,19,20)/t10-/m0/s1. The van der Waals surface area contributed by atoms with E-state index in [-0.39, 0.29) is 16.6 Å². The summed E-state index contributed by atoms with van der Waals surface area (Å²) in [4.78, 5) is 24.0. The Hall–Kier alpha value is -2.67. The molecule has 0 spiro atoms. The number of rotatable bonds is 5. The number of fused-ring (bicyclic) bond motifs is 1. The van der Waals surface area contributed by atoms with E-state index in [1.54, 1.807) is 19.1 Å². The molecular weight excluding hydrogens is 350 g/mol. The lowest BCUT2D eigenvalue weighted by atomic mass is 10.2. The Morgan fingerprint density at radius 3 is 2.88 bits per heavy atom. The van der Waals surface area contributed by atoms with E-state index in [0.29, 0.717) is 30.5 Å². The van der Waals surface area contributed by atoms with Crippen molar-refractivity contribution in [3.8, 4) is 11.5 Å². The summed E-state index contributed by atoms with van der Waals surface area (Å²) in [5.41, 5.74) is 0.182. The third-order valence-corrected chi connectivity index (χ3v) is 3.80. The lowest BCUT2D eigenvalue weighted by Gasteiger charge is -2.20. The van der Waals surface area contributed by atoms with Gasteiger partial charge in [-0.2, -0.15) is 0 Å². The molecule has 0 fully saturated rings. The molecule has 1 amide bonds. The average molecular weight is 366 g/mol. The van der Waals surface area contributed by atoms with E-state index in [4.69, 9.17) is 30.2 Å². The zero-order chi connectivity index (χ0) is 17.8. The van der Waals surface area contributed by atoms with Gasteiger partial charge < -0.3 is 23.9 Å². The largest absolute Gasteiger partial charge is 0.486 e. The second kappa shape index (κ2) is 7.48. The summed E-state index contributed by atoms with van der Waals surface area (Å²) in [6, 6.07) is 6.04. The topological polar surface area (TPSA) is 87.0 Å². The van der Waals surface area contributed by atoms with Gasteiger partial charge in [0.05, 0.1) is 22.9 Å². The van der Waals surface area contributed by atoms with E-state index < -0.39 is 18.5 Å². The van der Waals surface area contributed by atoms with Crippen LogP contribution in [0.15, 0.2) is 34.9 Å². The van der Waals surface area contributed by atoms with E-state index in [0.717, 1.165) is 0 Å². The van der Waals surface area contributed by atoms with Gasteiger partial charge in [0.1, 0.15) is 19.0 Å². The molecule has 0 saturated heterocycles. The zero-order valence-electron chi connectivity index (χ0n) is 13.4. The molecule has 2 heterocycles. The number of carbonyl (C=O) groups is 2. The second-order valence-electron chi connectivity index (χ2n) is 5.36. The summed E-state index contributed by atoms with van der Waals surface area (Å²) >= 11 is 6.08. The number of hydrogen-bond acceptors (Lipinski definition) is 6. The number of benzene rings is 1. The highest BCUT2D eigenvalue weighted by molar-refractivity contribution is 6.32. The molecule has 1 aliphatic heterocycles. The minimum absolute atomic E-state index is 0.182. The van der Waals surface area contributed by atoms with Gasteiger partial charge in [0.15, 0.2) is 18.1 Å². The fraction of sp³-hybridized carbons (Fsp3) is 0.294. The van der Waals surface area contributed by atoms with Crippen LogP contribution in [0.25, 0.3) is 0 Å². The first kappa shape index (κ1) is 17.2. The van der Waals surface area contributed by atoms with Gasteiger partial charge in [0, 0.05) is 0 Å². The van der Waals surface area contributed by atoms with Gasteiger partial charge in [0.2, 0.25) is 0 Å².